The Balaban J connectivity index is 0. The van der Waals surface area contributed by atoms with E-state index >= 15 is 0 Å². The topological polar surface area (TPSA) is 110 Å². The van der Waals surface area contributed by atoms with Crippen molar-refractivity contribution in [1.29, 1.82) is 0 Å². The summed E-state index contributed by atoms with van der Waals surface area (Å²) >= 11 is 0. The highest BCUT2D eigenvalue weighted by atomic mass is 16.4. The van der Waals surface area contributed by atoms with Gasteiger partial charge in [-0.2, -0.15) is 0 Å². The molecule has 0 spiro atoms. The van der Waals surface area contributed by atoms with Crippen molar-refractivity contribution in [1.82, 2.24) is 0 Å². The predicted octanol–water partition coefficient (Wildman–Crippen LogP) is 3.82. The Morgan fingerprint density at radius 3 is 1.83 bits per heavy atom. The number of aliphatic hydroxyl groups is 1. The van der Waals surface area contributed by atoms with Gasteiger partial charge in [-0.15, -0.1) is 0 Å². The van der Waals surface area contributed by atoms with Gasteiger partial charge in [0.1, 0.15) is 0 Å². The average molecular weight is 347 g/mol. The molecule has 5 nitrogen and oxygen atoms in total. The van der Waals surface area contributed by atoms with Crippen molar-refractivity contribution in [2.24, 2.45) is 11.5 Å². The van der Waals surface area contributed by atoms with Crippen molar-refractivity contribution < 1.29 is 15.0 Å². The molecule has 0 rings (SSSR count). The van der Waals surface area contributed by atoms with Crippen LogP contribution in [-0.4, -0.2) is 35.4 Å². The van der Waals surface area contributed by atoms with E-state index in [9.17, 15) is 4.79 Å². The Morgan fingerprint density at radius 2 is 1.38 bits per heavy atom. The zero-order valence-corrected chi connectivity index (χ0v) is 15.8. The maximum Gasteiger partial charge on any atom is 0.303 e. The van der Waals surface area contributed by atoms with E-state index in [0.29, 0.717) is 13.0 Å². The fourth-order valence-electron chi connectivity index (χ4n) is 2.46. The highest BCUT2D eigenvalue weighted by Gasteiger charge is 1.99. The van der Waals surface area contributed by atoms with Gasteiger partial charge in [0.15, 0.2) is 0 Å². The van der Waals surface area contributed by atoms with Gasteiger partial charge in [-0.05, 0) is 38.6 Å². The number of carbonyl (C=O) groups is 1. The number of carboxylic acid groups (broad SMARTS) is 1. The molecule has 0 saturated carbocycles. The Labute approximate surface area is 149 Å². The van der Waals surface area contributed by atoms with E-state index in [1.54, 1.807) is 0 Å². The van der Waals surface area contributed by atoms with E-state index < -0.39 is 5.97 Å². The summed E-state index contributed by atoms with van der Waals surface area (Å²) in [6, 6.07) is 0.232. The molecule has 0 aliphatic rings. The molecular weight excluding hydrogens is 304 g/mol. The Bertz CT molecular complexity index is 243. The summed E-state index contributed by atoms with van der Waals surface area (Å²) in [6.07, 6.45) is 15.2. The molecule has 0 amide bonds. The maximum atomic E-state index is 10.2. The summed E-state index contributed by atoms with van der Waals surface area (Å²) in [4.78, 5) is 10.2. The molecule has 0 saturated heterocycles. The largest absolute Gasteiger partial charge is 0.481 e. The number of nitrogens with two attached hydrogens (primary N) is 2. The SMILES string of the molecule is CCCCCCCCCCCC(=O)O.NCCCC(N)CCCO. The molecule has 0 radical (unpaired) electrons. The summed E-state index contributed by atoms with van der Waals surface area (Å²) < 4.78 is 0. The monoisotopic (exact) mass is 346 g/mol. The molecule has 0 aromatic heterocycles. The molecule has 6 N–H and O–H groups in total. The van der Waals surface area contributed by atoms with Gasteiger partial charge in [0.05, 0.1) is 0 Å². The zero-order valence-electron chi connectivity index (χ0n) is 15.8. The number of unbranched alkanes of at least 4 members (excludes halogenated alkanes) is 8. The summed E-state index contributed by atoms with van der Waals surface area (Å²) in [5.41, 5.74) is 11.0. The van der Waals surface area contributed by atoms with Crippen molar-refractivity contribution >= 4 is 5.97 Å². The van der Waals surface area contributed by atoms with Gasteiger partial charge in [-0.1, -0.05) is 58.3 Å². The molecule has 5 heteroatoms. The van der Waals surface area contributed by atoms with Crippen molar-refractivity contribution in [3.05, 3.63) is 0 Å². The minimum atomic E-state index is -0.659. The van der Waals surface area contributed by atoms with Gasteiger partial charge in [0.25, 0.3) is 0 Å². The van der Waals surface area contributed by atoms with E-state index in [0.717, 1.165) is 38.5 Å². The van der Waals surface area contributed by atoms with E-state index in [4.69, 9.17) is 21.7 Å². The molecule has 0 bridgehead atoms. The van der Waals surface area contributed by atoms with Gasteiger partial charge < -0.3 is 21.7 Å². The van der Waals surface area contributed by atoms with Crippen LogP contribution in [0.1, 0.15) is 96.8 Å². The van der Waals surface area contributed by atoms with Crippen LogP contribution in [0.4, 0.5) is 0 Å². The van der Waals surface area contributed by atoms with Crippen LogP contribution in [-0.2, 0) is 4.79 Å². The lowest BCUT2D eigenvalue weighted by atomic mass is 10.1. The minimum Gasteiger partial charge on any atom is -0.481 e. The number of rotatable bonds is 16. The quantitative estimate of drug-likeness (QED) is 0.318. The number of aliphatic hydroxyl groups excluding tert-OH is 1. The average Bonchev–Trinajstić information content (AvgIpc) is 2.57. The lowest BCUT2D eigenvalue weighted by molar-refractivity contribution is -0.137. The number of aliphatic carboxylic acids is 1. The fraction of sp³-hybridized carbons (Fsp3) is 0.947. The molecule has 0 aromatic carbocycles. The smallest absolute Gasteiger partial charge is 0.303 e. The third kappa shape index (κ3) is 26.3. The van der Waals surface area contributed by atoms with E-state index in [2.05, 4.69) is 6.92 Å². The van der Waals surface area contributed by atoms with Crippen LogP contribution in [0.25, 0.3) is 0 Å². The van der Waals surface area contributed by atoms with Gasteiger partial charge >= 0.3 is 5.97 Å². The van der Waals surface area contributed by atoms with Crippen molar-refractivity contribution in [2.45, 2.75) is 103 Å². The standard InChI is InChI=1S/C12H24O2.C7H18N2O/c1-2-3-4-5-6-7-8-9-10-11-12(13)14;8-5-1-3-7(9)4-2-6-10/h2-11H2,1H3,(H,13,14);7,10H,1-6,8-9H2. The van der Waals surface area contributed by atoms with Crippen LogP contribution in [0.15, 0.2) is 0 Å². The van der Waals surface area contributed by atoms with Crippen LogP contribution in [0, 0.1) is 0 Å². The molecule has 0 heterocycles. The van der Waals surface area contributed by atoms with Crippen LogP contribution in [0.2, 0.25) is 0 Å². The second-order valence-electron chi connectivity index (χ2n) is 6.53. The first-order valence-corrected chi connectivity index (χ1v) is 9.86. The van der Waals surface area contributed by atoms with Crippen molar-refractivity contribution in [3.8, 4) is 0 Å². The Hall–Kier alpha value is -0.650. The summed E-state index contributed by atoms with van der Waals surface area (Å²) in [5.74, 6) is -0.659. The third-order valence-corrected chi connectivity index (χ3v) is 4.01. The molecular formula is C19H42N2O3. The highest BCUT2D eigenvalue weighted by Crippen LogP contribution is 2.10. The highest BCUT2D eigenvalue weighted by molar-refractivity contribution is 5.66. The van der Waals surface area contributed by atoms with Crippen LogP contribution in [0.3, 0.4) is 0 Å². The van der Waals surface area contributed by atoms with Gasteiger partial charge in [0.2, 0.25) is 0 Å². The molecule has 0 fully saturated rings. The zero-order chi connectivity index (χ0) is 18.5. The van der Waals surface area contributed by atoms with Gasteiger partial charge in [0, 0.05) is 19.1 Å². The molecule has 1 unspecified atom stereocenters. The number of hydrogen-bond donors (Lipinski definition) is 4. The van der Waals surface area contributed by atoms with E-state index in [-0.39, 0.29) is 12.6 Å². The lowest BCUT2D eigenvalue weighted by Gasteiger charge is -2.08. The number of hydrogen-bond acceptors (Lipinski definition) is 4. The number of carboxylic acids is 1. The molecule has 0 aliphatic carbocycles. The Kier molecular flexibility index (Phi) is 23.8. The molecule has 0 aliphatic heterocycles. The molecule has 146 valence electrons. The van der Waals surface area contributed by atoms with E-state index in [1.807, 2.05) is 0 Å². The van der Waals surface area contributed by atoms with Crippen LogP contribution < -0.4 is 11.5 Å². The van der Waals surface area contributed by atoms with Gasteiger partial charge in [-0.25, -0.2) is 0 Å². The van der Waals surface area contributed by atoms with Gasteiger partial charge in [-0.3, -0.25) is 4.79 Å². The summed E-state index contributed by atoms with van der Waals surface area (Å²) in [5, 5.41) is 16.9. The summed E-state index contributed by atoms with van der Waals surface area (Å²) in [7, 11) is 0. The second kappa shape index (κ2) is 22.4. The van der Waals surface area contributed by atoms with Crippen molar-refractivity contribution in [2.75, 3.05) is 13.2 Å². The maximum absolute atomic E-state index is 10.2. The van der Waals surface area contributed by atoms with Crippen molar-refractivity contribution in [3.63, 3.8) is 0 Å². The first kappa shape index (κ1) is 25.6. The predicted molar refractivity (Wildman–Crippen MR) is 102 cm³/mol. The van der Waals surface area contributed by atoms with Crippen LogP contribution >= 0.6 is 0 Å². The van der Waals surface area contributed by atoms with Crippen LogP contribution in [0.5, 0.6) is 0 Å². The normalized spacial score (nSPS) is 11.7. The second-order valence-corrected chi connectivity index (χ2v) is 6.53. The molecule has 24 heavy (non-hydrogen) atoms. The first-order chi connectivity index (χ1) is 11.6. The molecule has 0 aromatic rings. The summed E-state index contributed by atoms with van der Waals surface area (Å²) in [6.45, 7) is 3.19. The van der Waals surface area contributed by atoms with E-state index in [1.165, 1.54) is 44.9 Å². The lowest BCUT2D eigenvalue weighted by Crippen LogP contribution is -2.21. The fourth-order valence-corrected chi connectivity index (χ4v) is 2.46. The third-order valence-electron chi connectivity index (χ3n) is 4.01. The molecule has 1 atom stereocenters. The Morgan fingerprint density at radius 1 is 0.875 bits per heavy atom. The first-order valence-electron chi connectivity index (χ1n) is 9.86. The minimum absolute atomic E-state index is 0.232.